The summed E-state index contributed by atoms with van der Waals surface area (Å²) < 4.78 is 22.2. The highest BCUT2D eigenvalue weighted by Crippen LogP contribution is 2.54. The second-order valence-corrected chi connectivity index (χ2v) is 10.5. The third-order valence-electron chi connectivity index (χ3n) is 6.88. The van der Waals surface area contributed by atoms with Crippen LogP contribution in [0.3, 0.4) is 0 Å². The molecule has 9 nitrogen and oxygen atoms in total. The molecule has 2 aliphatic rings. The maximum absolute atomic E-state index is 15.0. The first-order valence-corrected chi connectivity index (χ1v) is 12.7. The van der Waals surface area contributed by atoms with Crippen LogP contribution in [-0.4, -0.2) is 55.5 Å². The lowest BCUT2D eigenvalue weighted by Gasteiger charge is -2.48. The van der Waals surface area contributed by atoms with Crippen LogP contribution in [0.2, 0.25) is 5.02 Å². The molecular formula is C25H22ClFN6O3S. The highest BCUT2D eigenvalue weighted by molar-refractivity contribution is 7.16. The number of benzene rings is 1. The van der Waals surface area contributed by atoms with Crippen molar-refractivity contribution in [3.63, 3.8) is 0 Å². The lowest BCUT2D eigenvalue weighted by atomic mass is 9.92. The smallest absolute Gasteiger partial charge is 0.256 e. The summed E-state index contributed by atoms with van der Waals surface area (Å²) in [4.78, 5) is 25.5. The number of halogens is 2. The van der Waals surface area contributed by atoms with Crippen LogP contribution in [-0.2, 0) is 17.3 Å². The predicted molar refractivity (Wildman–Crippen MR) is 136 cm³/mol. The highest BCUT2D eigenvalue weighted by atomic mass is 35.5. The van der Waals surface area contributed by atoms with Gasteiger partial charge in [-0.3, -0.25) is 9.48 Å². The van der Waals surface area contributed by atoms with Gasteiger partial charge in [0.15, 0.2) is 5.82 Å². The van der Waals surface area contributed by atoms with E-state index in [4.69, 9.17) is 16.3 Å². The van der Waals surface area contributed by atoms with Gasteiger partial charge in [0.1, 0.15) is 17.1 Å². The molecule has 12 heteroatoms. The van der Waals surface area contributed by atoms with Crippen LogP contribution >= 0.6 is 22.9 Å². The minimum Gasteiger partial charge on any atom is -0.394 e. The fourth-order valence-corrected chi connectivity index (χ4v) is 6.65. The number of aryl methyl sites for hydroxylation is 1. The lowest BCUT2D eigenvalue weighted by molar-refractivity contribution is -0.139. The van der Waals surface area contributed by atoms with E-state index in [1.54, 1.807) is 54.0 Å². The van der Waals surface area contributed by atoms with Gasteiger partial charge in [0, 0.05) is 23.0 Å². The fraction of sp³-hybridized carbons (Fsp3) is 0.280. The van der Waals surface area contributed by atoms with E-state index >= 15 is 4.39 Å². The Bertz CT molecular complexity index is 1530. The average Bonchev–Trinajstić information content (AvgIpc) is 3.49. The number of carbonyl (C=O) groups excluding carboxylic acids is 1. The number of anilines is 2. The molecule has 6 rings (SSSR count). The summed E-state index contributed by atoms with van der Waals surface area (Å²) in [6, 6.07) is 8.27. The minimum absolute atomic E-state index is 0.111. The number of aliphatic hydroxyl groups is 1. The Morgan fingerprint density at radius 1 is 1.35 bits per heavy atom. The largest absolute Gasteiger partial charge is 0.394 e. The van der Waals surface area contributed by atoms with Gasteiger partial charge in [0.05, 0.1) is 48.7 Å². The van der Waals surface area contributed by atoms with Crippen molar-refractivity contribution in [2.45, 2.75) is 18.5 Å². The molecule has 37 heavy (non-hydrogen) atoms. The molecule has 1 amide bonds. The topological polar surface area (TPSA) is 105 Å². The molecule has 0 saturated carbocycles. The van der Waals surface area contributed by atoms with Crippen LogP contribution < -0.4 is 5.32 Å². The summed E-state index contributed by atoms with van der Waals surface area (Å²) in [6.45, 7) is 2.07. The molecule has 1 spiro atoms. The summed E-state index contributed by atoms with van der Waals surface area (Å²) in [7, 11) is 1.77. The number of aliphatic hydroxyl groups excluding tert-OH is 1. The normalized spacial score (nSPS) is 16.7. The standard InChI is InChI=1S/C25H22ClFN6O3S/c1-13-19-22(37-21(13)20-16(27)9-28-24(31-20)30-18-6-7-29-32(18)2)25(11-36-12-25)33(23(19)35)17(10-34)14-4-3-5-15(26)8-14/h3-9,17,34H,10-12H2,1-2H3,(H,28,30,31)/t17-/m1/s1. The van der Waals surface area contributed by atoms with Crippen molar-refractivity contribution in [3.05, 3.63) is 75.1 Å². The van der Waals surface area contributed by atoms with Crippen molar-refractivity contribution in [2.24, 2.45) is 7.05 Å². The predicted octanol–water partition coefficient (Wildman–Crippen LogP) is 4.20. The lowest BCUT2D eigenvalue weighted by Crippen LogP contribution is -2.58. The van der Waals surface area contributed by atoms with Gasteiger partial charge in [-0.25, -0.2) is 14.4 Å². The molecule has 0 radical (unpaired) electrons. The number of nitrogens with zero attached hydrogens (tertiary/aromatic N) is 5. The molecule has 1 aromatic carbocycles. The van der Waals surface area contributed by atoms with Gasteiger partial charge in [-0.05, 0) is 30.2 Å². The highest BCUT2D eigenvalue weighted by Gasteiger charge is 2.59. The number of thiophene rings is 1. The van der Waals surface area contributed by atoms with E-state index in [0.29, 0.717) is 26.8 Å². The number of rotatable bonds is 6. The Labute approximate surface area is 220 Å². The molecule has 0 unspecified atom stereocenters. The summed E-state index contributed by atoms with van der Waals surface area (Å²) in [5.41, 5.74) is 1.22. The van der Waals surface area contributed by atoms with Crippen LogP contribution in [0.1, 0.15) is 32.4 Å². The van der Waals surface area contributed by atoms with Gasteiger partial charge in [-0.2, -0.15) is 5.10 Å². The first-order valence-electron chi connectivity index (χ1n) is 11.5. The third-order valence-corrected chi connectivity index (χ3v) is 8.61. The molecule has 1 atom stereocenters. The van der Waals surface area contributed by atoms with E-state index in [9.17, 15) is 9.90 Å². The van der Waals surface area contributed by atoms with E-state index in [0.717, 1.165) is 16.6 Å². The molecule has 1 fully saturated rings. The molecular weight excluding hydrogens is 519 g/mol. The Hall–Kier alpha value is -3.38. The number of hydrogen-bond acceptors (Lipinski definition) is 8. The van der Waals surface area contributed by atoms with Crippen molar-refractivity contribution >= 4 is 40.6 Å². The van der Waals surface area contributed by atoms with E-state index in [-0.39, 0.29) is 37.4 Å². The molecule has 190 valence electrons. The van der Waals surface area contributed by atoms with Crippen LogP contribution in [0.25, 0.3) is 10.6 Å². The van der Waals surface area contributed by atoms with Crippen LogP contribution in [0.4, 0.5) is 16.2 Å². The maximum atomic E-state index is 15.0. The SMILES string of the molecule is Cc1c(-c2nc(Nc3ccnn3C)ncc2F)sc2c1C(=O)N([C@H](CO)c1cccc(Cl)c1)C21COC1. The molecule has 2 N–H and O–H groups in total. The average molecular weight is 541 g/mol. The van der Waals surface area contributed by atoms with Crippen molar-refractivity contribution in [1.29, 1.82) is 0 Å². The minimum atomic E-state index is -0.755. The fourth-order valence-electron chi connectivity index (χ4n) is 5.00. The Morgan fingerprint density at radius 2 is 2.16 bits per heavy atom. The number of aromatic nitrogens is 4. The zero-order valence-electron chi connectivity index (χ0n) is 19.9. The first-order chi connectivity index (χ1) is 17.8. The number of carbonyl (C=O) groups is 1. The van der Waals surface area contributed by atoms with Crippen molar-refractivity contribution in [3.8, 4) is 10.6 Å². The summed E-state index contributed by atoms with van der Waals surface area (Å²) >= 11 is 7.53. The first kappa shape index (κ1) is 24.0. The Kier molecular flexibility index (Phi) is 5.75. The number of nitrogens with one attached hydrogen (secondary N) is 1. The van der Waals surface area contributed by atoms with Gasteiger partial charge in [0.2, 0.25) is 5.95 Å². The molecule has 1 saturated heterocycles. The number of ether oxygens (including phenoxy) is 1. The zero-order valence-corrected chi connectivity index (χ0v) is 21.5. The Balaban J connectivity index is 1.42. The van der Waals surface area contributed by atoms with Gasteiger partial charge >= 0.3 is 0 Å². The quantitative estimate of drug-likeness (QED) is 0.377. The summed E-state index contributed by atoms with van der Waals surface area (Å²) in [6.07, 6.45) is 2.74. The molecule has 5 heterocycles. The second-order valence-electron chi connectivity index (χ2n) is 9.07. The maximum Gasteiger partial charge on any atom is 0.256 e. The van der Waals surface area contributed by atoms with Crippen LogP contribution in [0, 0.1) is 12.7 Å². The van der Waals surface area contributed by atoms with E-state index in [2.05, 4.69) is 20.4 Å². The van der Waals surface area contributed by atoms with Crippen molar-refractivity contribution in [2.75, 3.05) is 25.1 Å². The number of amides is 1. The van der Waals surface area contributed by atoms with Gasteiger partial charge in [-0.1, -0.05) is 23.7 Å². The molecule has 4 aromatic rings. The van der Waals surface area contributed by atoms with Gasteiger partial charge < -0.3 is 20.1 Å². The van der Waals surface area contributed by atoms with Gasteiger partial charge in [-0.15, -0.1) is 11.3 Å². The monoisotopic (exact) mass is 540 g/mol. The van der Waals surface area contributed by atoms with E-state index in [1.165, 1.54) is 11.3 Å². The van der Waals surface area contributed by atoms with Crippen molar-refractivity contribution in [1.82, 2.24) is 24.6 Å². The second kappa shape index (κ2) is 8.88. The van der Waals surface area contributed by atoms with Crippen LogP contribution in [0.15, 0.2) is 42.7 Å². The van der Waals surface area contributed by atoms with Gasteiger partial charge in [0.25, 0.3) is 5.91 Å². The number of fused-ring (bicyclic) bond motifs is 2. The van der Waals surface area contributed by atoms with Crippen molar-refractivity contribution < 1.29 is 19.0 Å². The molecule has 2 aliphatic heterocycles. The summed E-state index contributed by atoms with van der Waals surface area (Å²) in [5, 5.41) is 18.0. The molecule has 0 bridgehead atoms. The van der Waals surface area contributed by atoms with Crippen LogP contribution in [0.5, 0.6) is 0 Å². The third kappa shape index (κ3) is 3.64. The number of hydrogen-bond donors (Lipinski definition) is 2. The summed E-state index contributed by atoms with van der Waals surface area (Å²) in [5.74, 6) is 0.0355. The molecule has 0 aliphatic carbocycles. The zero-order chi connectivity index (χ0) is 25.9. The van der Waals surface area contributed by atoms with E-state index < -0.39 is 17.4 Å². The van der Waals surface area contributed by atoms with E-state index in [1.807, 2.05) is 6.07 Å². The Morgan fingerprint density at radius 3 is 2.81 bits per heavy atom. The molecule has 3 aromatic heterocycles.